The first kappa shape index (κ1) is 11.6. The lowest BCUT2D eigenvalue weighted by Crippen LogP contribution is -2.28. The minimum Gasteiger partial charge on any atom is -0.481 e. The second kappa shape index (κ2) is 5.31. The van der Waals surface area contributed by atoms with E-state index in [2.05, 4.69) is 0 Å². The standard InChI is InChI=1S/C9H13NO3/c1-3-6(8(11)5-10)7(4-2)9(12)13/h6-7H,3-4H2,1-2H3,(H,12,13). The molecule has 2 atom stereocenters. The van der Waals surface area contributed by atoms with E-state index >= 15 is 0 Å². The van der Waals surface area contributed by atoms with Crippen molar-refractivity contribution < 1.29 is 14.7 Å². The number of nitriles is 1. The average Bonchev–Trinajstić information content (AvgIpc) is 2.12. The lowest BCUT2D eigenvalue weighted by atomic mass is 9.85. The molecule has 0 spiro atoms. The Morgan fingerprint density at radius 3 is 2.00 bits per heavy atom. The Balaban J connectivity index is 4.64. The van der Waals surface area contributed by atoms with E-state index < -0.39 is 23.6 Å². The molecular weight excluding hydrogens is 170 g/mol. The van der Waals surface area contributed by atoms with Crippen LogP contribution in [0.1, 0.15) is 26.7 Å². The molecule has 0 saturated carbocycles. The van der Waals surface area contributed by atoms with Gasteiger partial charge in [-0.05, 0) is 12.8 Å². The summed E-state index contributed by atoms with van der Waals surface area (Å²) >= 11 is 0. The van der Waals surface area contributed by atoms with Gasteiger partial charge in [0, 0.05) is 5.92 Å². The SMILES string of the molecule is CCC(C(=O)O)C(CC)C(=O)C#N. The molecule has 0 radical (unpaired) electrons. The number of hydrogen-bond donors (Lipinski definition) is 1. The van der Waals surface area contributed by atoms with Gasteiger partial charge in [0.2, 0.25) is 5.78 Å². The zero-order valence-electron chi connectivity index (χ0n) is 7.78. The van der Waals surface area contributed by atoms with Crippen molar-refractivity contribution in [2.24, 2.45) is 11.8 Å². The van der Waals surface area contributed by atoms with Crippen LogP contribution in [-0.4, -0.2) is 16.9 Å². The summed E-state index contributed by atoms with van der Waals surface area (Å²) in [6.45, 7) is 3.41. The van der Waals surface area contributed by atoms with Crippen LogP contribution >= 0.6 is 0 Å². The van der Waals surface area contributed by atoms with E-state index in [0.29, 0.717) is 12.8 Å². The van der Waals surface area contributed by atoms with Crippen molar-refractivity contribution in [1.29, 1.82) is 5.26 Å². The molecule has 0 fully saturated rings. The fraction of sp³-hybridized carbons (Fsp3) is 0.667. The Bertz CT molecular complexity index is 242. The molecule has 4 nitrogen and oxygen atoms in total. The number of rotatable bonds is 5. The van der Waals surface area contributed by atoms with E-state index in [9.17, 15) is 9.59 Å². The number of aliphatic carboxylic acids is 1. The minimum absolute atomic E-state index is 0.376. The molecule has 0 aromatic rings. The van der Waals surface area contributed by atoms with Gasteiger partial charge in [0.1, 0.15) is 6.07 Å². The third-order valence-electron chi connectivity index (χ3n) is 2.13. The molecule has 0 heterocycles. The van der Waals surface area contributed by atoms with Crippen LogP contribution in [0.2, 0.25) is 0 Å². The average molecular weight is 183 g/mol. The Labute approximate surface area is 77.2 Å². The molecule has 0 aromatic carbocycles. The van der Waals surface area contributed by atoms with Crippen molar-refractivity contribution in [3.05, 3.63) is 0 Å². The Hall–Kier alpha value is -1.37. The molecule has 0 rings (SSSR count). The first-order valence-corrected chi connectivity index (χ1v) is 4.25. The predicted molar refractivity (Wildman–Crippen MR) is 45.8 cm³/mol. The highest BCUT2D eigenvalue weighted by Gasteiger charge is 2.30. The number of carboxylic acids is 1. The van der Waals surface area contributed by atoms with Crippen LogP contribution in [0.4, 0.5) is 0 Å². The van der Waals surface area contributed by atoms with Gasteiger partial charge in [-0.25, -0.2) is 0 Å². The normalized spacial score (nSPS) is 14.2. The van der Waals surface area contributed by atoms with Crippen molar-refractivity contribution in [1.82, 2.24) is 0 Å². The number of nitrogens with zero attached hydrogens (tertiary/aromatic N) is 1. The maximum Gasteiger partial charge on any atom is 0.307 e. The highest BCUT2D eigenvalue weighted by Crippen LogP contribution is 2.20. The van der Waals surface area contributed by atoms with Gasteiger partial charge in [-0.2, -0.15) is 5.26 Å². The highest BCUT2D eigenvalue weighted by atomic mass is 16.4. The Kier molecular flexibility index (Phi) is 4.75. The molecule has 72 valence electrons. The van der Waals surface area contributed by atoms with Crippen LogP contribution in [0.3, 0.4) is 0 Å². The first-order chi connectivity index (χ1) is 6.08. The summed E-state index contributed by atoms with van der Waals surface area (Å²) in [4.78, 5) is 21.7. The third kappa shape index (κ3) is 2.86. The fourth-order valence-corrected chi connectivity index (χ4v) is 1.37. The summed E-state index contributed by atoms with van der Waals surface area (Å²) in [5, 5.41) is 17.1. The van der Waals surface area contributed by atoms with Crippen LogP contribution in [-0.2, 0) is 9.59 Å². The fourth-order valence-electron chi connectivity index (χ4n) is 1.37. The quantitative estimate of drug-likeness (QED) is 0.650. The largest absolute Gasteiger partial charge is 0.481 e. The molecule has 0 amide bonds. The predicted octanol–water partition coefficient (Wildman–Crippen LogP) is 1.22. The summed E-state index contributed by atoms with van der Waals surface area (Å²) in [7, 11) is 0. The lowest BCUT2D eigenvalue weighted by molar-refractivity contribution is -0.146. The van der Waals surface area contributed by atoms with E-state index in [0.717, 1.165) is 0 Å². The zero-order valence-corrected chi connectivity index (χ0v) is 7.78. The van der Waals surface area contributed by atoms with E-state index in [1.807, 2.05) is 0 Å². The number of carboxylic acid groups (broad SMARTS) is 1. The van der Waals surface area contributed by atoms with Crippen molar-refractivity contribution in [3.63, 3.8) is 0 Å². The monoisotopic (exact) mass is 183 g/mol. The molecule has 0 aliphatic rings. The smallest absolute Gasteiger partial charge is 0.307 e. The van der Waals surface area contributed by atoms with Gasteiger partial charge in [0.15, 0.2) is 0 Å². The van der Waals surface area contributed by atoms with Crippen LogP contribution in [0, 0.1) is 23.2 Å². The lowest BCUT2D eigenvalue weighted by Gasteiger charge is -2.16. The van der Waals surface area contributed by atoms with Gasteiger partial charge in [-0.3, -0.25) is 9.59 Å². The van der Waals surface area contributed by atoms with Gasteiger partial charge >= 0.3 is 5.97 Å². The molecule has 1 N–H and O–H groups in total. The zero-order chi connectivity index (χ0) is 10.4. The summed E-state index contributed by atoms with van der Waals surface area (Å²) < 4.78 is 0. The summed E-state index contributed by atoms with van der Waals surface area (Å²) in [6.07, 6.45) is 0.776. The third-order valence-corrected chi connectivity index (χ3v) is 2.13. The molecular formula is C9H13NO3. The minimum atomic E-state index is -1.00. The molecule has 2 unspecified atom stereocenters. The van der Waals surface area contributed by atoms with Gasteiger partial charge in [-0.15, -0.1) is 0 Å². The number of hydrogen-bond acceptors (Lipinski definition) is 3. The number of carbonyl (C=O) groups excluding carboxylic acids is 1. The van der Waals surface area contributed by atoms with Crippen molar-refractivity contribution in [2.45, 2.75) is 26.7 Å². The number of Topliss-reactive ketones (excluding diaryl/α,β-unsaturated/α-hetero) is 1. The van der Waals surface area contributed by atoms with Gasteiger partial charge in [-0.1, -0.05) is 13.8 Å². The molecule has 0 aromatic heterocycles. The van der Waals surface area contributed by atoms with Crippen LogP contribution in [0.15, 0.2) is 0 Å². The van der Waals surface area contributed by atoms with Crippen molar-refractivity contribution in [3.8, 4) is 6.07 Å². The molecule has 4 heteroatoms. The number of carbonyl (C=O) groups is 2. The van der Waals surface area contributed by atoms with E-state index in [1.165, 1.54) is 6.07 Å². The van der Waals surface area contributed by atoms with Crippen LogP contribution in [0.25, 0.3) is 0 Å². The summed E-state index contributed by atoms with van der Waals surface area (Å²) in [5.41, 5.74) is 0. The Morgan fingerprint density at radius 1 is 1.31 bits per heavy atom. The Morgan fingerprint density at radius 2 is 1.77 bits per heavy atom. The van der Waals surface area contributed by atoms with E-state index in [4.69, 9.17) is 10.4 Å². The van der Waals surface area contributed by atoms with Crippen LogP contribution in [0.5, 0.6) is 0 Å². The topological polar surface area (TPSA) is 78.2 Å². The van der Waals surface area contributed by atoms with Gasteiger partial charge in [0.05, 0.1) is 5.92 Å². The number of ketones is 1. The molecule has 0 aliphatic heterocycles. The summed E-state index contributed by atoms with van der Waals surface area (Å²) in [5.74, 6) is -3.01. The second-order valence-corrected chi connectivity index (χ2v) is 2.84. The van der Waals surface area contributed by atoms with Crippen LogP contribution < -0.4 is 0 Å². The van der Waals surface area contributed by atoms with Crippen molar-refractivity contribution >= 4 is 11.8 Å². The maximum atomic E-state index is 11.0. The highest BCUT2D eigenvalue weighted by molar-refractivity contribution is 5.97. The summed E-state index contributed by atoms with van der Waals surface area (Å²) in [6, 6.07) is 1.48. The molecule has 0 bridgehead atoms. The maximum absolute atomic E-state index is 11.0. The van der Waals surface area contributed by atoms with E-state index in [1.54, 1.807) is 13.8 Å². The van der Waals surface area contributed by atoms with Gasteiger partial charge < -0.3 is 5.11 Å². The second-order valence-electron chi connectivity index (χ2n) is 2.84. The van der Waals surface area contributed by atoms with Gasteiger partial charge in [0.25, 0.3) is 0 Å². The molecule has 0 aliphatic carbocycles. The molecule has 13 heavy (non-hydrogen) atoms. The molecule has 0 saturated heterocycles. The first-order valence-electron chi connectivity index (χ1n) is 4.25. The van der Waals surface area contributed by atoms with Crippen molar-refractivity contribution in [2.75, 3.05) is 0 Å². The van der Waals surface area contributed by atoms with E-state index in [-0.39, 0.29) is 0 Å².